The summed E-state index contributed by atoms with van der Waals surface area (Å²) in [5, 5.41) is 10.0. The summed E-state index contributed by atoms with van der Waals surface area (Å²) in [6.45, 7) is 7.02. The maximum absolute atomic E-state index is 8.98. The van der Waals surface area contributed by atoms with E-state index < -0.39 is 0 Å². The van der Waals surface area contributed by atoms with Gasteiger partial charge < -0.3 is 14.7 Å². The summed E-state index contributed by atoms with van der Waals surface area (Å²) in [7, 11) is 0. The van der Waals surface area contributed by atoms with Crippen LogP contribution in [0.2, 0.25) is 0 Å². The lowest BCUT2D eigenvalue weighted by atomic mass is 9.82. The molecule has 0 aromatic heterocycles. The number of aliphatic hydroxyl groups is 1. The zero-order chi connectivity index (χ0) is 11.1. The maximum Gasteiger partial charge on any atom is 0.0558 e. The summed E-state index contributed by atoms with van der Waals surface area (Å²) in [6, 6.07) is 0. The van der Waals surface area contributed by atoms with Crippen molar-refractivity contribution in [2.24, 2.45) is 5.41 Å². The van der Waals surface area contributed by atoms with Gasteiger partial charge in [-0.2, -0.15) is 0 Å². The van der Waals surface area contributed by atoms with E-state index in [4.69, 9.17) is 9.84 Å². The number of halogens is 1. The Hall–Kier alpha value is 0.360. The van der Waals surface area contributed by atoms with E-state index in [1.54, 1.807) is 0 Å². The molecule has 1 aliphatic rings. The van der Waals surface area contributed by atoms with E-state index >= 15 is 0 Å². The molecule has 0 aromatic rings. The molecule has 15 heavy (non-hydrogen) atoms. The van der Waals surface area contributed by atoms with Gasteiger partial charge >= 0.3 is 0 Å². The molecule has 0 spiro atoms. The minimum atomic E-state index is 0.253. The van der Waals surface area contributed by atoms with Crippen molar-refractivity contribution in [3.63, 3.8) is 0 Å². The third kappa shape index (κ3) is 4.02. The number of ether oxygens (including phenoxy) is 1. The van der Waals surface area contributed by atoms with E-state index in [1.165, 1.54) is 0 Å². The normalized spacial score (nSPS) is 20.8. The monoisotopic (exact) mass is 279 g/mol. The topological polar surface area (TPSA) is 32.7 Å². The SMILES string of the molecule is CCN(CCO)CC1(CBr)CCOCC1. The predicted molar refractivity (Wildman–Crippen MR) is 65.5 cm³/mol. The summed E-state index contributed by atoms with van der Waals surface area (Å²) in [5.41, 5.74) is 0.351. The van der Waals surface area contributed by atoms with Gasteiger partial charge in [0.1, 0.15) is 0 Å². The highest BCUT2D eigenvalue weighted by atomic mass is 79.9. The second kappa shape index (κ2) is 6.84. The van der Waals surface area contributed by atoms with Gasteiger partial charge in [0.15, 0.2) is 0 Å². The third-order valence-electron chi connectivity index (χ3n) is 3.26. The summed E-state index contributed by atoms with van der Waals surface area (Å²) in [4.78, 5) is 2.33. The molecule has 1 fully saturated rings. The van der Waals surface area contributed by atoms with Gasteiger partial charge in [0.05, 0.1) is 6.61 Å². The molecular formula is C11H22BrNO2. The third-order valence-corrected chi connectivity index (χ3v) is 4.45. The van der Waals surface area contributed by atoms with Gasteiger partial charge in [-0.25, -0.2) is 0 Å². The zero-order valence-electron chi connectivity index (χ0n) is 9.54. The Morgan fingerprint density at radius 2 is 2.07 bits per heavy atom. The summed E-state index contributed by atoms with van der Waals surface area (Å²) < 4.78 is 5.41. The standard InChI is InChI=1S/C11H22BrNO2/c1-2-13(5-6-14)10-11(9-12)3-7-15-8-4-11/h14H,2-10H2,1H3. The highest BCUT2D eigenvalue weighted by Gasteiger charge is 2.32. The minimum Gasteiger partial charge on any atom is -0.395 e. The van der Waals surface area contributed by atoms with Crippen molar-refractivity contribution in [1.29, 1.82) is 0 Å². The van der Waals surface area contributed by atoms with E-state index in [0.717, 1.165) is 51.0 Å². The zero-order valence-corrected chi connectivity index (χ0v) is 11.1. The lowest BCUT2D eigenvalue weighted by molar-refractivity contribution is 0.00679. The van der Waals surface area contributed by atoms with Crippen molar-refractivity contribution in [2.45, 2.75) is 19.8 Å². The number of nitrogens with zero attached hydrogens (tertiary/aromatic N) is 1. The Kier molecular flexibility index (Phi) is 6.12. The van der Waals surface area contributed by atoms with E-state index in [1.807, 2.05) is 0 Å². The summed E-state index contributed by atoms with van der Waals surface area (Å²) >= 11 is 3.63. The van der Waals surface area contributed by atoms with Crippen molar-refractivity contribution in [3.8, 4) is 0 Å². The van der Waals surface area contributed by atoms with Crippen molar-refractivity contribution in [1.82, 2.24) is 4.90 Å². The highest BCUT2D eigenvalue weighted by molar-refractivity contribution is 9.09. The molecule has 0 bridgehead atoms. The molecule has 0 unspecified atom stereocenters. The lowest BCUT2D eigenvalue weighted by Crippen LogP contribution is -2.43. The average molecular weight is 280 g/mol. The van der Waals surface area contributed by atoms with Gasteiger partial charge in [0.2, 0.25) is 0 Å². The van der Waals surface area contributed by atoms with Crippen LogP contribution in [0.5, 0.6) is 0 Å². The van der Waals surface area contributed by atoms with Gasteiger partial charge in [-0.05, 0) is 24.8 Å². The van der Waals surface area contributed by atoms with Crippen molar-refractivity contribution < 1.29 is 9.84 Å². The Bertz CT molecular complexity index is 172. The van der Waals surface area contributed by atoms with Gasteiger partial charge in [0.25, 0.3) is 0 Å². The van der Waals surface area contributed by atoms with Crippen LogP contribution in [0, 0.1) is 5.41 Å². The van der Waals surface area contributed by atoms with Crippen LogP contribution in [-0.2, 0) is 4.74 Å². The molecule has 0 aliphatic carbocycles. The Morgan fingerprint density at radius 3 is 2.53 bits per heavy atom. The first-order chi connectivity index (χ1) is 7.26. The van der Waals surface area contributed by atoms with E-state index in [9.17, 15) is 0 Å². The molecule has 1 saturated heterocycles. The van der Waals surface area contributed by atoms with E-state index in [-0.39, 0.29) is 6.61 Å². The van der Waals surface area contributed by atoms with Crippen LogP contribution in [0.15, 0.2) is 0 Å². The highest BCUT2D eigenvalue weighted by Crippen LogP contribution is 2.33. The summed E-state index contributed by atoms with van der Waals surface area (Å²) in [5.74, 6) is 0. The smallest absolute Gasteiger partial charge is 0.0558 e. The van der Waals surface area contributed by atoms with Crippen LogP contribution in [0.25, 0.3) is 0 Å². The van der Waals surface area contributed by atoms with Gasteiger partial charge in [0, 0.05) is 31.6 Å². The fraction of sp³-hybridized carbons (Fsp3) is 1.00. The Morgan fingerprint density at radius 1 is 1.40 bits per heavy atom. The Labute approximate surface area is 101 Å². The lowest BCUT2D eigenvalue weighted by Gasteiger charge is -2.39. The first kappa shape index (κ1) is 13.4. The minimum absolute atomic E-state index is 0.253. The fourth-order valence-electron chi connectivity index (χ4n) is 2.10. The van der Waals surface area contributed by atoms with Crippen LogP contribution >= 0.6 is 15.9 Å². The Balaban J connectivity index is 2.49. The number of rotatable bonds is 6. The van der Waals surface area contributed by atoms with Crippen LogP contribution < -0.4 is 0 Å². The molecule has 0 radical (unpaired) electrons. The largest absolute Gasteiger partial charge is 0.395 e. The van der Waals surface area contributed by atoms with Gasteiger partial charge in [-0.15, -0.1) is 0 Å². The van der Waals surface area contributed by atoms with Gasteiger partial charge in [-0.1, -0.05) is 22.9 Å². The molecule has 0 aromatic carbocycles. The summed E-state index contributed by atoms with van der Waals surface area (Å²) in [6.07, 6.45) is 2.25. The molecule has 4 heteroatoms. The van der Waals surface area contributed by atoms with Crippen LogP contribution in [0.1, 0.15) is 19.8 Å². The molecule has 1 aliphatic heterocycles. The van der Waals surface area contributed by atoms with Crippen molar-refractivity contribution in [2.75, 3.05) is 44.8 Å². The number of aliphatic hydroxyl groups excluding tert-OH is 1. The second-order valence-corrected chi connectivity index (χ2v) is 4.90. The quantitative estimate of drug-likeness (QED) is 0.748. The molecule has 1 rings (SSSR count). The number of hydrogen-bond donors (Lipinski definition) is 1. The first-order valence-corrected chi connectivity index (χ1v) is 6.85. The molecule has 3 nitrogen and oxygen atoms in total. The van der Waals surface area contributed by atoms with Crippen LogP contribution in [0.3, 0.4) is 0 Å². The van der Waals surface area contributed by atoms with Crippen LogP contribution in [-0.4, -0.2) is 54.8 Å². The predicted octanol–water partition coefficient (Wildman–Crippen LogP) is 1.49. The number of likely N-dealkylation sites (N-methyl/N-ethyl adjacent to an activating group) is 1. The number of hydrogen-bond acceptors (Lipinski definition) is 3. The molecule has 0 amide bonds. The van der Waals surface area contributed by atoms with Gasteiger partial charge in [-0.3, -0.25) is 0 Å². The first-order valence-electron chi connectivity index (χ1n) is 5.73. The fourth-order valence-corrected chi connectivity index (χ4v) is 2.84. The second-order valence-electron chi connectivity index (χ2n) is 4.34. The molecule has 90 valence electrons. The van der Waals surface area contributed by atoms with Crippen LogP contribution in [0.4, 0.5) is 0 Å². The molecule has 0 atom stereocenters. The average Bonchev–Trinajstić information content (AvgIpc) is 2.30. The maximum atomic E-state index is 8.98. The van der Waals surface area contributed by atoms with Crippen molar-refractivity contribution >= 4 is 15.9 Å². The molecule has 1 heterocycles. The number of alkyl halides is 1. The molecule has 0 saturated carbocycles. The molecule has 1 N–H and O–H groups in total. The van der Waals surface area contributed by atoms with E-state index in [2.05, 4.69) is 27.8 Å². The van der Waals surface area contributed by atoms with Crippen molar-refractivity contribution in [3.05, 3.63) is 0 Å². The molecular weight excluding hydrogens is 258 g/mol. The van der Waals surface area contributed by atoms with E-state index in [0.29, 0.717) is 5.41 Å².